The van der Waals surface area contributed by atoms with Crippen LogP contribution in [0.5, 0.6) is 0 Å². The largest absolute Gasteiger partial charge is 0.312 e. The molecule has 0 fully saturated rings. The van der Waals surface area contributed by atoms with Crippen molar-refractivity contribution in [1.82, 2.24) is 28.7 Å². The molecular weight excluding hydrogens is 1010 g/mol. The second kappa shape index (κ2) is 23.0. The van der Waals surface area contributed by atoms with Crippen molar-refractivity contribution in [3.8, 4) is 0 Å². The van der Waals surface area contributed by atoms with E-state index in [4.69, 9.17) is 34.8 Å². The molecule has 0 aliphatic heterocycles. The molecule has 3 aromatic heterocycles. The van der Waals surface area contributed by atoms with Crippen molar-refractivity contribution in [2.75, 3.05) is 0 Å². The van der Waals surface area contributed by atoms with Crippen molar-refractivity contribution in [3.05, 3.63) is 170 Å². The summed E-state index contributed by atoms with van der Waals surface area (Å²) in [5.74, 6) is 0.652. The quantitative estimate of drug-likeness (QED) is 0.109. The topological polar surface area (TPSA) is 156 Å². The standard InChI is InChI=1S/C13H12BrClN2O3S.C13H12BrClN2OS.C13H13ClN2O2S/c1-2-17-7-11(14)16-12(13(17)18)21(19,20)8-9-3-5-10(15)6-4-9;1-2-17-7-11(14)16-12(13(17)18)19-8-9-3-5-10(15)6-4-9;1-2-16-8-7-15-12(13(16)17)19(18)9-10-3-5-11(14)6-4-10/h3-7H,2,8H2,1H3;3-7H,2,8H2,1H3;3-8H,2,9H2,1H3. The highest BCUT2D eigenvalue weighted by atomic mass is 79.9. The van der Waals surface area contributed by atoms with Crippen LogP contribution in [0, 0.1) is 0 Å². The van der Waals surface area contributed by atoms with E-state index in [9.17, 15) is 27.0 Å². The van der Waals surface area contributed by atoms with E-state index in [0.717, 1.165) is 11.1 Å². The van der Waals surface area contributed by atoms with Crippen LogP contribution in [-0.4, -0.2) is 41.3 Å². The number of aryl methyl sites for hydroxylation is 3. The smallest absolute Gasteiger partial charge is 0.288 e. The molecule has 0 spiro atoms. The van der Waals surface area contributed by atoms with Gasteiger partial charge < -0.3 is 13.7 Å². The molecule has 20 heteroatoms. The molecule has 1 unspecified atom stereocenters. The first-order valence-electron chi connectivity index (χ1n) is 17.6. The average molecular weight is 1050 g/mol. The molecule has 3 aromatic carbocycles. The monoisotopic (exact) mass is 1040 g/mol. The Morgan fingerprint density at radius 1 is 0.661 bits per heavy atom. The van der Waals surface area contributed by atoms with Gasteiger partial charge in [0.2, 0.25) is 14.9 Å². The van der Waals surface area contributed by atoms with Crippen LogP contribution in [0.2, 0.25) is 15.1 Å². The molecule has 0 aliphatic rings. The van der Waals surface area contributed by atoms with E-state index in [-0.39, 0.29) is 27.7 Å². The zero-order valence-corrected chi connectivity index (χ0v) is 39.6. The molecule has 0 amide bonds. The molecule has 0 bridgehead atoms. The highest BCUT2D eigenvalue weighted by molar-refractivity contribution is 9.10. The molecule has 0 aliphatic carbocycles. The summed E-state index contributed by atoms with van der Waals surface area (Å²) in [6.07, 6.45) is 6.25. The number of rotatable bonds is 12. The summed E-state index contributed by atoms with van der Waals surface area (Å²) in [4.78, 5) is 48.2. The van der Waals surface area contributed by atoms with Crippen molar-refractivity contribution < 1.29 is 12.6 Å². The molecule has 1 atom stereocenters. The van der Waals surface area contributed by atoms with E-state index in [1.54, 1.807) is 72.4 Å². The first-order chi connectivity index (χ1) is 28.0. The molecule has 59 heavy (non-hydrogen) atoms. The summed E-state index contributed by atoms with van der Waals surface area (Å²) in [6, 6.07) is 21.1. The van der Waals surface area contributed by atoms with Gasteiger partial charge in [-0.05, 0) is 106 Å². The second-order valence-electron chi connectivity index (χ2n) is 12.2. The summed E-state index contributed by atoms with van der Waals surface area (Å²) in [5, 5.41) is 2.01. The lowest BCUT2D eigenvalue weighted by Gasteiger charge is -2.07. The van der Waals surface area contributed by atoms with Crippen molar-refractivity contribution in [3.63, 3.8) is 0 Å². The number of hydrogen-bond donors (Lipinski definition) is 0. The molecule has 12 nitrogen and oxygen atoms in total. The van der Waals surface area contributed by atoms with Crippen LogP contribution >= 0.6 is 78.4 Å². The Bertz CT molecular complexity index is 2680. The molecule has 0 radical (unpaired) electrons. The van der Waals surface area contributed by atoms with Gasteiger partial charge in [-0.2, -0.15) is 0 Å². The van der Waals surface area contributed by atoms with Gasteiger partial charge in [0, 0.05) is 65.2 Å². The molecule has 312 valence electrons. The summed E-state index contributed by atoms with van der Waals surface area (Å²) >= 11 is 25.3. The Kier molecular flexibility index (Phi) is 18.8. The second-order valence-corrected chi connectivity index (χ2v) is 19.3. The van der Waals surface area contributed by atoms with Crippen LogP contribution < -0.4 is 16.7 Å². The number of nitrogens with zero attached hydrogens (tertiary/aromatic N) is 6. The first-order valence-corrected chi connectivity index (χ1v) is 24.3. The van der Waals surface area contributed by atoms with Crippen LogP contribution in [-0.2, 0) is 57.5 Å². The highest BCUT2D eigenvalue weighted by Gasteiger charge is 2.23. The lowest BCUT2D eigenvalue weighted by molar-refractivity contribution is 0.582. The SMILES string of the molecule is CCn1cc(Br)nc(S(=O)(=O)Cc2ccc(Cl)cc2)c1=O.CCn1cc(Br)nc(SCc2ccc(Cl)cc2)c1=O.CCn1ccnc(S(=O)Cc2ccc(Cl)cc2)c1=O. The summed E-state index contributed by atoms with van der Waals surface area (Å²) in [7, 11) is -5.28. The Morgan fingerprint density at radius 3 is 1.66 bits per heavy atom. The fourth-order valence-corrected chi connectivity index (χ4v) is 9.84. The maximum Gasteiger partial charge on any atom is 0.288 e. The van der Waals surface area contributed by atoms with Gasteiger partial charge >= 0.3 is 0 Å². The van der Waals surface area contributed by atoms with Gasteiger partial charge in [-0.25, -0.2) is 23.4 Å². The molecule has 0 saturated heterocycles. The molecule has 0 N–H and O–H groups in total. The summed E-state index contributed by atoms with van der Waals surface area (Å²) in [5.41, 5.74) is 1.55. The molecule has 3 heterocycles. The van der Waals surface area contributed by atoms with Gasteiger partial charge in [-0.3, -0.25) is 18.6 Å². The van der Waals surface area contributed by atoms with E-state index in [0.29, 0.717) is 60.3 Å². The Balaban J connectivity index is 0.000000196. The Morgan fingerprint density at radius 2 is 1.14 bits per heavy atom. The van der Waals surface area contributed by atoms with Crippen LogP contribution in [0.15, 0.2) is 136 Å². The van der Waals surface area contributed by atoms with Crippen molar-refractivity contribution in [2.45, 2.75) is 72.7 Å². The van der Waals surface area contributed by atoms with Gasteiger partial charge in [-0.1, -0.05) is 83.0 Å². The lowest BCUT2D eigenvalue weighted by Crippen LogP contribution is -2.27. The van der Waals surface area contributed by atoms with Crippen molar-refractivity contribution in [1.29, 1.82) is 0 Å². The third-order valence-corrected chi connectivity index (χ3v) is 13.4. The predicted molar refractivity (Wildman–Crippen MR) is 243 cm³/mol. The number of halogens is 5. The number of thioether (sulfide) groups is 1. The normalized spacial score (nSPS) is 11.5. The van der Waals surface area contributed by atoms with E-state index in [1.165, 1.54) is 33.3 Å². The van der Waals surface area contributed by atoms with Gasteiger partial charge in [0.1, 0.15) is 9.21 Å². The maximum atomic E-state index is 12.4. The van der Waals surface area contributed by atoms with Crippen LogP contribution in [0.4, 0.5) is 0 Å². The molecule has 6 aromatic rings. The van der Waals surface area contributed by atoms with Crippen LogP contribution in [0.1, 0.15) is 37.5 Å². The lowest BCUT2D eigenvalue weighted by atomic mass is 10.2. The number of hydrogen-bond acceptors (Lipinski definition) is 10. The fourth-order valence-electron chi connectivity index (χ4n) is 4.97. The fraction of sp³-hybridized carbons (Fsp3) is 0.231. The number of sulfone groups is 1. The molecule has 6 rings (SSSR count). The first kappa shape index (κ1) is 48.2. The predicted octanol–water partition coefficient (Wildman–Crippen LogP) is 8.85. The van der Waals surface area contributed by atoms with Crippen LogP contribution in [0.25, 0.3) is 0 Å². The van der Waals surface area contributed by atoms with E-state index in [2.05, 4.69) is 46.8 Å². The van der Waals surface area contributed by atoms with Crippen LogP contribution in [0.3, 0.4) is 0 Å². The third kappa shape index (κ3) is 14.3. The van der Waals surface area contributed by atoms with E-state index < -0.39 is 31.2 Å². The summed E-state index contributed by atoms with van der Waals surface area (Å²) < 4.78 is 42.4. The van der Waals surface area contributed by atoms with Gasteiger partial charge in [0.15, 0.2) is 10.1 Å². The third-order valence-electron chi connectivity index (χ3n) is 8.01. The Hall–Kier alpha value is -3.42. The Labute approximate surface area is 379 Å². The van der Waals surface area contributed by atoms with Gasteiger partial charge in [-0.15, -0.1) is 0 Å². The number of benzene rings is 3. The molecular formula is C39H37Br2Cl3N6O6S3. The average Bonchev–Trinajstić information content (AvgIpc) is 3.21. The zero-order chi connectivity index (χ0) is 43.3. The number of aromatic nitrogens is 6. The zero-order valence-electron chi connectivity index (χ0n) is 31.7. The van der Waals surface area contributed by atoms with Gasteiger partial charge in [0.05, 0.1) is 22.3 Å². The van der Waals surface area contributed by atoms with Crippen molar-refractivity contribution >= 4 is 99.1 Å². The molecule has 0 saturated carbocycles. The minimum atomic E-state index is -3.83. The van der Waals surface area contributed by atoms with E-state index >= 15 is 0 Å². The maximum absolute atomic E-state index is 12.4. The highest BCUT2D eigenvalue weighted by Crippen LogP contribution is 2.21. The van der Waals surface area contributed by atoms with Gasteiger partial charge in [0.25, 0.3) is 16.7 Å². The van der Waals surface area contributed by atoms with Crippen molar-refractivity contribution in [2.24, 2.45) is 0 Å². The van der Waals surface area contributed by atoms with E-state index in [1.807, 2.05) is 38.1 Å². The minimum Gasteiger partial charge on any atom is -0.312 e. The summed E-state index contributed by atoms with van der Waals surface area (Å²) in [6.45, 7) is 7.07. The minimum absolute atomic E-state index is 0.0512.